The lowest BCUT2D eigenvalue weighted by Gasteiger charge is -2.17. The highest BCUT2D eigenvalue weighted by atomic mass is 35.5. The molecule has 27 heavy (non-hydrogen) atoms. The summed E-state index contributed by atoms with van der Waals surface area (Å²) in [5, 5.41) is 5.90. The lowest BCUT2D eigenvalue weighted by molar-refractivity contribution is -0.136. The number of nitrogens with zero attached hydrogens (tertiary/aromatic N) is 1. The Morgan fingerprint density at radius 2 is 1.67 bits per heavy atom. The minimum Gasteiger partial charge on any atom is -0.452 e. The molecule has 2 aromatic rings. The van der Waals surface area contributed by atoms with Crippen molar-refractivity contribution in [3.05, 3.63) is 59.1 Å². The van der Waals surface area contributed by atoms with Crippen molar-refractivity contribution in [2.24, 2.45) is 0 Å². The maximum Gasteiger partial charge on any atom is 0.340 e. The summed E-state index contributed by atoms with van der Waals surface area (Å²) in [7, 11) is 3.13. The van der Waals surface area contributed by atoms with E-state index in [4.69, 9.17) is 16.3 Å². The number of hydrogen-bond acceptors (Lipinski definition) is 5. The number of halogens is 1. The van der Waals surface area contributed by atoms with Gasteiger partial charge in [0.05, 0.1) is 22.8 Å². The maximum absolute atomic E-state index is 12.1. The van der Waals surface area contributed by atoms with Gasteiger partial charge in [-0.1, -0.05) is 35.9 Å². The van der Waals surface area contributed by atoms with Crippen molar-refractivity contribution in [2.75, 3.05) is 37.9 Å². The predicted octanol–water partition coefficient (Wildman–Crippen LogP) is 2.64. The highest BCUT2D eigenvalue weighted by Crippen LogP contribution is 2.20. The Hall–Kier alpha value is -3.06. The van der Waals surface area contributed by atoms with Gasteiger partial charge in [-0.25, -0.2) is 4.79 Å². The van der Waals surface area contributed by atoms with E-state index in [1.807, 2.05) is 0 Å². The van der Waals surface area contributed by atoms with E-state index in [1.165, 1.54) is 11.9 Å². The standard InChI is InChI=1S/C19H20ClN3O4/c1-21-15-9-5-3-7-13(15)19(26)27-12-18(25)23(2)11-17(24)22-16-10-6-4-8-14(16)20/h3-10,21H,11-12H2,1-2H3,(H,22,24). The van der Waals surface area contributed by atoms with Gasteiger partial charge in [0, 0.05) is 19.8 Å². The molecule has 7 nitrogen and oxygen atoms in total. The van der Waals surface area contributed by atoms with E-state index >= 15 is 0 Å². The fourth-order valence-corrected chi connectivity index (χ4v) is 2.43. The number of nitrogens with one attached hydrogen (secondary N) is 2. The molecule has 0 bridgehead atoms. The number of esters is 1. The summed E-state index contributed by atoms with van der Waals surface area (Å²) >= 11 is 5.98. The van der Waals surface area contributed by atoms with E-state index < -0.39 is 24.4 Å². The molecule has 2 N–H and O–H groups in total. The van der Waals surface area contributed by atoms with Gasteiger partial charge >= 0.3 is 5.97 Å². The van der Waals surface area contributed by atoms with Crippen LogP contribution in [0.25, 0.3) is 0 Å². The van der Waals surface area contributed by atoms with Crippen molar-refractivity contribution >= 4 is 40.8 Å². The van der Waals surface area contributed by atoms with Crippen molar-refractivity contribution in [3.8, 4) is 0 Å². The van der Waals surface area contributed by atoms with Crippen LogP contribution in [0.15, 0.2) is 48.5 Å². The second-order valence-electron chi connectivity index (χ2n) is 5.65. The van der Waals surface area contributed by atoms with Gasteiger partial charge in [0.25, 0.3) is 5.91 Å². The van der Waals surface area contributed by atoms with Crippen LogP contribution in [-0.4, -0.2) is 49.9 Å². The summed E-state index contributed by atoms with van der Waals surface area (Å²) in [4.78, 5) is 37.5. The Bertz CT molecular complexity index is 841. The zero-order valence-corrected chi connectivity index (χ0v) is 15.7. The maximum atomic E-state index is 12.1. The summed E-state index contributed by atoms with van der Waals surface area (Å²) < 4.78 is 5.05. The zero-order chi connectivity index (χ0) is 19.8. The van der Waals surface area contributed by atoms with Crippen LogP contribution in [0.3, 0.4) is 0 Å². The number of likely N-dealkylation sites (N-methyl/N-ethyl adjacent to an activating group) is 1. The number of anilines is 2. The Labute approximate surface area is 162 Å². The number of para-hydroxylation sites is 2. The van der Waals surface area contributed by atoms with Gasteiger partial charge < -0.3 is 20.3 Å². The topological polar surface area (TPSA) is 87.7 Å². The van der Waals surface area contributed by atoms with Crippen LogP contribution in [-0.2, 0) is 14.3 Å². The number of amides is 2. The van der Waals surface area contributed by atoms with Gasteiger partial charge in [-0.15, -0.1) is 0 Å². The SMILES string of the molecule is CNc1ccccc1C(=O)OCC(=O)N(C)CC(=O)Nc1ccccc1Cl. The molecular weight excluding hydrogens is 370 g/mol. The minimum atomic E-state index is -0.623. The van der Waals surface area contributed by atoms with E-state index in [1.54, 1.807) is 55.6 Å². The second-order valence-corrected chi connectivity index (χ2v) is 6.06. The third-order valence-corrected chi connectivity index (χ3v) is 4.03. The molecule has 0 aliphatic carbocycles. The van der Waals surface area contributed by atoms with Crippen LogP contribution >= 0.6 is 11.6 Å². The fraction of sp³-hybridized carbons (Fsp3) is 0.211. The molecule has 8 heteroatoms. The lowest BCUT2D eigenvalue weighted by Crippen LogP contribution is -2.37. The molecule has 0 aliphatic heterocycles. The third-order valence-electron chi connectivity index (χ3n) is 3.70. The molecule has 0 aliphatic rings. The van der Waals surface area contributed by atoms with E-state index in [0.717, 1.165) is 0 Å². The van der Waals surface area contributed by atoms with Crippen LogP contribution in [0, 0.1) is 0 Å². The molecule has 0 saturated heterocycles. The van der Waals surface area contributed by atoms with Crippen molar-refractivity contribution < 1.29 is 19.1 Å². The summed E-state index contributed by atoms with van der Waals surface area (Å²) in [5.74, 6) is -1.53. The van der Waals surface area contributed by atoms with Crippen molar-refractivity contribution in [2.45, 2.75) is 0 Å². The number of carbonyl (C=O) groups is 3. The van der Waals surface area contributed by atoms with E-state index in [-0.39, 0.29) is 6.54 Å². The molecule has 0 saturated carbocycles. The van der Waals surface area contributed by atoms with Crippen LogP contribution in [0.5, 0.6) is 0 Å². The van der Waals surface area contributed by atoms with Crippen LogP contribution in [0.2, 0.25) is 5.02 Å². The molecule has 0 aromatic heterocycles. The number of ether oxygens (including phenoxy) is 1. The first-order valence-corrected chi connectivity index (χ1v) is 8.52. The van der Waals surface area contributed by atoms with Crippen molar-refractivity contribution in [3.63, 3.8) is 0 Å². The lowest BCUT2D eigenvalue weighted by atomic mass is 10.2. The summed E-state index contributed by atoms with van der Waals surface area (Å²) in [6.07, 6.45) is 0. The first-order valence-electron chi connectivity index (χ1n) is 8.14. The monoisotopic (exact) mass is 389 g/mol. The number of carbonyl (C=O) groups excluding carboxylic acids is 3. The van der Waals surface area contributed by atoms with Gasteiger partial charge in [0.1, 0.15) is 0 Å². The Kier molecular flexibility index (Phi) is 7.19. The first kappa shape index (κ1) is 20.3. The summed E-state index contributed by atoms with van der Waals surface area (Å²) in [6.45, 7) is -0.665. The van der Waals surface area contributed by atoms with Gasteiger partial charge in [0.2, 0.25) is 5.91 Å². The Morgan fingerprint density at radius 1 is 1.04 bits per heavy atom. The number of benzene rings is 2. The van der Waals surface area contributed by atoms with Crippen LogP contribution in [0.1, 0.15) is 10.4 Å². The summed E-state index contributed by atoms with van der Waals surface area (Å²) in [6, 6.07) is 13.6. The molecule has 2 rings (SSSR count). The van der Waals surface area contributed by atoms with Gasteiger partial charge in [-0.2, -0.15) is 0 Å². The fourth-order valence-electron chi connectivity index (χ4n) is 2.25. The van der Waals surface area contributed by atoms with Gasteiger partial charge in [0.15, 0.2) is 6.61 Å². The molecule has 142 valence electrons. The largest absolute Gasteiger partial charge is 0.452 e. The normalized spacial score (nSPS) is 10.0. The molecule has 0 atom stereocenters. The van der Waals surface area contributed by atoms with Crippen molar-refractivity contribution in [1.29, 1.82) is 0 Å². The first-order chi connectivity index (χ1) is 12.9. The minimum absolute atomic E-state index is 0.200. The molecule has 0 radical (unpaired) electrons. The zero-order valence-electron chi connectivity index (χ0n) is 15.0. The average Bonchev–Trinajstić information content (AvgIpc) is 2.67. The molecule has 0 heterocycles. The van der Waals surface area contributed by atoms with E-state index in [9.17, 15) is 14.4 Å². The van der Waals surface area contributed by atoms with Gasteiger partial charge in [-0.3, -0.25) is 9.59 Å². The highest BCUT2D eigenvalue weighted by Gasteiger charge is 2.17. The van der Waals surface area contributed by atoms with Gasteiger partial charge in [-0.05, 0) is 24.3 Å². The number of rotatable bonds is 7. The Balaban J connectivity index is 1.85. The quantitative estimate of drug-likeness (QED) is 0.711. The smallest absolute Gasteiger partial charge is 0.340 e. The number of hydrogen-bond donors (Lipinski definition) is 2. The van der Waals surface area contributed by atoms with Crippen molar-refractivity contribution in [1.82, 2.24) is 4.90 Å². The third kappa shape index (κ3) is 5.72. The highest BCUT2D eigenvalue weighted by molar-refractivity contribution is 6.33. The Morgan fingerprint density at radius 3 is 2.33 bits per heavy atom. The van der Waals surface area contributed by atoms with E-state index in [0.29, 0.717) is 22.0 Å². The van der Waals surface area contributed by atoms with Crippen LogP contribution in [0.4, 0.5) is 11.4 Å². The van der Waals surface area contributed by atoms with E-state index in [2.05, 4.69) is 10.6 Å². The van der Waals surface area contributed by atoms with Crippen LogP contribution < -0.4 is 10.6 Å². The summed E-state index contributed by atoms with van der Waals surface area (Å²) in [5.41, 5.74) is 1.38. The second kappa shape index (κ2) is 9.59. The average molecular weight is 390 g/mol. The molecule has 2 amide bonds. The predicted molar refractivity (Wildman–Crippen MR) is 104 cm³/mol. The molecule has 0 fully saturated rings. The molecule has 0 spiro atoms. The molecular formula is C19H20ClN3O4. The molecule has 2 aromatic carbocycles. The molecule has 0 unspecified atom stereocenters.